The highest BCUT2D eigenvalue weighted by molar-refractivity contribution is 6.34. The molecule has 5 heteroatoms. The molecule has 1 N–H and O–H groups in total. The lowest BCUT2D eigenvalue weighted by atomic mass is 9.90. The minimum atomic E-state index is -0.0718. The van der Waals surface area contributed by atoms with Crippen LogP contribution in [-0.2, 0) is 5.41 Å². The van der Waals surface area contributed by atoms with E-state index < -0.39 is 0 Å². The number of pyridine rings is 1. The molecule has 0 amide bonds. The molecule has 0 saturated carbocycles. The van der Waals surface area contributed by atoms with E-state index in [1.165, 1.54) is 0 Å². The summed E-state index contributed by atoms with van der Waals surface area (Å²) < 4.78 is 10.9. The van der Waals surface area contributed by atoms with E-state index in [0.29, 0.717) is 16.5 Å². The molecule has 0 aliphatic rings. The first kappa shape index (κ1) is 15.7. The van der Waals surface area contributed by atoms with Gasteiger partial charge in [0, 0.05) is 29.9 Å². The van der Waals surface area contributed by atoms with Gasteiger partial charge in [-0.15, -0.1) is 0 Å². The van der Waals surface area contributed by atoms with E-state index in [0.717, 1.165) is 22.3 Å². The number of aromatic nitrogens is 1. The van der Waals surface area contributed by atoms with Gasteiger partial charge < -0.3 is 14.8 Å². The lowest BCUT2D eigenvalue weighted by Crippen LogP contribution is -2.14. The number of fused-ring (bicyclic) bond motifs is 1. The minimum absolute atomic E-state index is 0.0718. The zero-order valence-corrected chi connectivity index (χ0v) is 14.1. The van der Waals surface area contributed by atoms with Crippen molar-refractivity contribution < 1.29 is 9.47 Å². The van der Waals surface area contributed by atoms with E-state index in [9.17, 15) is 0 Å². The Hall–Kier alpha value is -1.68. The molecule has 2 rings (SSSR count). The first-order valence-corrected chi connectivity index (χ1v) is 7.14. The molecule has 21 heavy (non-hydrogen) atoms. The normalized spacial score (nSPS) is 11.6. The van der Waals surface area contributed by atoms with Gasteiger partial charge in [0.05, 0.1) is 24.6 Å². The van der Waals surface area contributed by atoms with Crippen molar-refractivity contribution in [2.75, 3.05) is 26.6 Å². The van der Waals surface area contributed by atoms with Crippen LogP contribution in [-0.4, -0.2) is 26.3 Å². The van der Waals surface area contributed by atoms with Crippen molar-refractivity contribution in [2.24, 2.45) is 0 Å². The van der Waals surface area contributed by atoms with Gasteiger partial charge >= 0.3 is 0 Å². The fourth-order valence-corrected chi connectivity index (χ4v) is 2.53. The summed E-state index contributed by atoms with van der Waals surface area (Å²) in [5.41, 5.74) is 2.57. The van der Waals surface area contributed by atoms with Gasteiger partial charge in [0.15, 0.2) is 0 Å². The van der Waals surface area contributed by atoms with Crippen LogP contribution in [0.25, 0.3) is 10.9 Å². The highest BCUT2D eigenvalue weighted by atomic mass is 35.5. The summed E-state index contributed by atoms with van der Waals surface area (Å²) in [6.07, 6.45) is 0. The molecule has 0 aliphatic carbocycles. The second-order valence-electron chi connectivity index (χ2n) is 5.87. The predicted molar refractivity (Wildman–Crippen MR) is 88.1 cm³/mol. The Morgan fingerprint density at radius 1 is 1.14 bits per heavy atom. The van der Waals surface area contributed by atoms with E-state index in [-0.39, 0.29) is 5.41 Å². The van der Waals surface area contributed by atoms with Crippen LogP contribution >= 0.6 is 11.6 Å². The summed E-state index contributed by atoms with van der Waals surface area (Å²) in [6.45, 7) is 6.38. The van der Waals surface area contributed by atoms with Gasteiger partial charge in [-0.25, -0.2) is 4.98 Å². The predicted octanol–water partition coefficient (Wildman–Crippen LogP) is 4.24. The van der Waals surface area contributed by atoms with Gasteiger partial charge in [0.25, 0.3) is 0 Å². The number of rotatable bonds is 3. The van der Waals surface area contributed by atoms with Crippen molar-refractivity contribution in [3.63, 3.8) is 0 Å². The van der Waals surface area contributed by atoms with Crippen molar-refractivity contribution in [3.05, 3.63) is 22.8 Å². The molecule has 0 fully saturated rings. The first-order chi connectivity index (χ1) is 9.83. The Bertz CT molecular complexity index is 678. The van der Waals surface area contributed by atoms with Crippen molar-refractivity contribution in [1.82, 2.24) is 4.98 Å². The number of ether oxygens (including phenoxy) is 2. The van der Waals surface area contributed by atoms with E-state index in [1.807, 2.05) is 13.1 Å². The second kappa shape index (κ2) is 5.60. The van der Waals surface area contributed by atoms with Crippen LogP contribution in [0.15, 0.2) is 12.1 Å². The van der Waals surface area contributed by atoms with Gasteiger partial charge in [-0.2, -0.15) is 0 Å². The van der Waals surface area contributed by atoms with Gasteiger partial charge in [0.1, 0.15) is 17.0 Å². The molecule has 0 unspecified atom stereocenters. The summed E-state index contributed by atoms with van der Waals surface area (Å²) in [5.74, 6) is 1.24. The Balaban J connectivity index is 2.96. The topological polar surface area (TPSA) is 43.4 Å². The molecule has 1 aromatic carbocycles. The maximum Gasteiger partial charge on any atom is 0.149 e. The molecule has 0 bridgehead atoms. The standard InChI is InChI=1S/C16H21ClN2O2/c1-16(2,3)12-8-10(18-4)13-14(19-12)11(20-5)7-9(17)15(13)21-6/h7-8H,1-6H3,(H,18,19). The molecule has 2 aromatic rings. The Morgan fingerprint density at radius 3 is 2.29 bits per heavy atom. The van der Waals surface area contributed by atoms with Crippen molar-refractivity contribution in [2.45, 2.75) is 26.2 Å². The van der Waals surface area contributed by atoms with Gasteiger partial charge in [-0.05, 0) is 6.07 Å². The molecule has 0 saturated heterocycles. The number of nitrogens with zero attached hydrogens (tertiary/aromatic N) is 1. The third-order valence-electron chi connectivity index (χ3n) is 3.42. The molecule has 114 valence electrons. The van der Waals surface area contributed by atoms with E-state index in [2.05, 4.69) is 26.1 Å². The monoisotopic (exact) mass is 308 g/mol. The van der Waals surface area contributed by atoms with E-state index in [1.54, 1.807) is 20.3 Å². The summed E-state index contributed by atoms with van der Waals surface area (Å²) in [4.78, 5) is 4.77. The smallest absolute Gasteiger partial charge is 0.149 e. The molecular weight excluding hydrogens is 288 g/mol. The second-order valence-corrected chi connectivity index (χ2v) is 6.28. The molecule has 0 atom stereocenters. The van der Waals surface area contributed by atoms with Gasteiger partial charge in [-0.3, -0.25) is 0 Å². The number of benzene rings is 1. The Labute approximate surface area is 130 Å². The first-order valence-electron chi connectivity index (χ1n) is 6.77. The van der Waals surface area contributed by atoms with Crippen LogP contribution in [0.5, 0.6) is 11.5 Å². The van der Waals surface area contributed by atoms with Crippen LogP contribution in [0.1, 0.15) is 26.5 Å². The molecule has 1 heterocycles. The lowest BCUT2D eigenvalue weighted by Gasteiger charge is -2.22. The third kappa shape index (κ3) is 2.72. The molecule has 1 aromatic heterocycles. The molecule has 0 aliphatic heterocycles. The van der Waals surface area contributed by atoms with Crippen molar-refractivity contribution in [1.29, 1.82) is 0 Å². The Morgan fingerprint density at radius 2 is 1.81 bits per heavy atom. The number of hydrogen-bond acceptors (Lipinski definition) is 4. The summed E-state index contributed by atoms with van der Waals surface area (Å²) in [7, 11) is 5.08. The quantitative estimate of drug-likeness (QED) is 0.921. The average molecular weight is 309 g/mol. The maximum atomic E-state index is 6.29. The van der Waals surface area contributed by atoms with Crippen LogP contribution in [0.3, 0.4) is 0 Å². The lowest BCUT2D eigenvalue weighted by molar-refractivity contribution is 0.409. The number of nitrogens with one attached hydrogen (secondary N) is 1. The average Bonchev–Trinajstić information content (AvgIpc) is 2.44. The fraction of sp³-hybridized carbons (Fsp3) is 0.438. The summed E-state index contributed by atoms with van der Waals surface area (Å²) in [5, 5.41) is 4.54. The zero-order valence-electron chi connectivity index (χ0n) is 13.3. The highest BCUT2D eigenvalue weighted by Gasteiger charge is 2.22. The zero-order chi connectivity index (χ0) is 15.8. The molecular formula is C16H21ClN2O2. The van der Waals surface area contributed by atoms with Crippen LogP contribution in [0.4, 0.5) is 5.69 Å². The summed E-state index contributed by atoms with van der Waals surface area (Å²) in [6, 6.07) is 3.77. The van der Waals surface area contributed by atoms with E-state index >= 15 is 0 Å². The summed E-state index contributed by atoms with van der Waals surface area (Å²) >= 11 is 6.29. The highest BCUT2D eigenvalue weighted by Crippen LogP contribution is 2.43. The number of anilines is 1. The van der Waals surface area contributed by atoms with Gasteiger partial charge in [-0.1, -0.05) is 32.4 Å². The molecule has 0 radical (unpaired) electrons. The molecule has 4 nitrogen and oxygen atoms in total. The van der Waals surface area contributed by atoms with E-state index in [4.69, 9.17) is 26.1 Å². The fourth-order valence-electron chi connectivity index (χ4n) is 2.26. The van der Waals surface area contributed by atoms with Crippen LogP contribution < -0.4 is 14.8 Å². The van der Waals surface area contributed by atoms with Gasteiger partial charge in [0.2, 0.25) is 0 Å². The maximum absolute atomic E-state index is 6.29. The van der Waals surface area contributed by atoms with Crippen LogP contribution in [0.2, 0.25) is 5.02 Å². The molecule has 0 spiro atoms. The minimum Gasteiger partial charge on any atom is -0.494 e. The van der Waals surface area contributed by atoms with Crippen molar-refractivity contribution >= 4 is 28.2 Å². The third-order valence-corrected chi connectivity index (χ3v) is 3.70. The number of hydrogen-bond donors (Lipinski definition) is 1. The van der Waals surface area contributed by atoms with Crippen molar-refractivity contribution in [3.8, 4) is 11.5 Å². The Kier molecular flexibility index (Phi) is 4.19. The SMILES string of the molecule is CNc1cc(C(C)(C)C)nc2c(OC)cc(Cl)c(OC)c12. The largest absolute Gasteiger partial charge is 0.494 e. The number of halogens is 1. The number of methoxy groups -OCH3 is 2. The van der Waals surface area contributed by atoms with Crippen LogP contribution in [0, 0.1) is 0 Å².